The number of hydrogen-bond donors (Lipinski definition) is 3. The van der Waals surface area contributed by atoms with Crippen molar-refractivity contribution in [2.24, 2.45) is 0 Å². The van der Waals surface area contributed by atoms with Crippen LogP contribution in [-0.2, 0) is 0 Å². The van der Waals surface area contributed by atoms with E-state index in [-0.39, 0.29) is 28.1 Å². The minimum absolute atomic E-state index is 0.0132. The Morgan fingerprint density at radius 1 is 1.21 bits per heavy atom. The summed E-state index contributed by atoms with van der Waals surface area (Å²) in [6.07, 6.45) is -5.19. The number of alkyl halides is 3. The van der Waals surface area contributed by atoms with Gasteiger partial charge in [0, 0.05) is 22.9 Å². The maximum absolute atomic E-state index is 14.7. The van der Waals surface area contributed by atoms with Crippen LogP contribution in [0.25, 0.3) is 10.9 Å². The molecule has 184 valence electrons. The monoisotopic (exact) mass is 522 g/mol. The Bertz CT molecular complexity index is 1250. The second-order valence-corrected chi connectivity index (χ2v) is 9.01. The molecule has 0 saturated carbocycles. The van der Waals surface area contributed by atoms with Gasteiger partial charge in [0.25, 0.3) is 0 Å². The first-order valence-electron chi connectivity index (χ1n) is 9.90. The molecule has 12 heteroatoms. The number of anilines is 1. The zero-order valence-electron chi connectivity index (χ0n) is 17.9. The Kier molecular flexibility index (Phi) is 7.69. The summed E-state index contributed by atoms with van der Waals surface area (Å²) in [7, 11) is 1.16. The fourth-order valence-corrected chi connectivity index (χ4v) is 4.59. The van der Waals surface area contributed by atoms with Crippen molar-refractivity contribution in [3.8, 4) is 5.75 Å². The average molecular weight is 523 g/mol. The number of halogens is 6. The van der Waals surface area contributed by atoms with Crippen molar-refractivity contribution >= 4 is 40.0 Å². The molecule has 0 saturated heterocycles. The van der Waals surface area contributed by atoms with Crippen molar-refractivity contribution in [2.45, 2.75) is 24.7 Å². The molecule has 34 heavy (non-hydrogen) atoms. The highest BCUT2D eigenvalue weighted by Gasteiger charge is 2.59. The number of nitrogens with one attached hydrogen (secondary N) is 2. The van der Waals surface area contributed by atoms with Gasteiger partial charge in [-0.2, -0.15) is 24.9 Å². The highest BCUT2D eigenvalue weighted by molar-refractivity contribution is 7.99. The molecule has 1 aromatic heterocycles. The molecule has 0 aliphatic carbocycles. The van der Waals surface area contributed by atoms with E-state index >= 15 is 0 Å². The first-order chi connectivity index (χ1) is 15.9. The van der Waals surface area contributed by atoms with Gasteiger partial charge in [-0.25, -0.2) is 8.78 Å². The molecule has 0 radical (unpaired) electrons. The summed E-state index contributed by atoms with van der Waals surface area (Å²) < 4.78 is 76.8. The molecule has 0 fully saturated rings. The summed E-state index contributed by atoms with van der Waals surface area (Å²) in [5, 5.41) is 13.0. The largest absolute Gasteiger partial charge is 0.494 e. The third kappa shape index (κ3) is 4.96. The van der Waals surface area contributed by atoms with Gasteiger partial charge in [-0.15, -0.1) is 0 Å². The van der Waals surface area contributed by atoms with Gasteiger partial charge >= 0.3 is 6.18 Å². The van der Waals surface area contributed by atoms with Crippen LogP contribution in [0.15, 0.2) is 41.2 Å². The first kappa shape index (κ1) is 26.1. The van der Waals surface area contributed by atoms with E-state index < -0.39 is 51.4 Å². The van der Waals surface area contributed by atoms with Gasteiger partial charge in [0.2, 0.25) is 5.56 Å². The fourth-order valence-electron chi connectivity index (χ4n) is 3.48. The summed E-state index contributed by atoms with van der Waals surface area (Å²) in [5.74, 6) is -2.85. The van der Waals surface area contributed by atoms with Crippen molar-refractivity contribution in [3.05, 3.63) is 69.0 Å². The second kappa shape index (κ2) is 10.0. The second-order valence-electron chi connectivity index (χ2n) is 7.36. The number of aliphatic hydroxyl groups is 1. The predicted octanol–water partition coefficient (Wildman–Crippen LogP) is 5.67. The SMILES string of the molecule is CCSCC(O)(C(Nc1cc(F)cc2[nH]c(=O)ccc12)c1ccc(OC)c(F)c1Cl)C(F)(F)F. The van der Waals surface area contributed by atoms with Gasteiger partial charge in [0.15, 0.2) is 17.2 Å². The summed E-state index contributed by atoms with van der Waals surface area (Å²) in [6.45, 7) is 1.61. The van der Waals surface area contributed by atoms with Crippen molar-refractivity contribution in [2.75, 3.05) is 23.9 Å². The van der Waals surface area contributed by atoms with Crippen molar-refractivity contribution < 1.29 is 31.8 Å². The lowest BCUT2D eigenvalue weighted by Crippen LogP contribution is -2.54. The highest BCUT2D eigenvalue weighted by Crippen LogP contribution is 2.47. The number of thioether (sulfide) groups is 1. The third-order valence-corrected chi connectivity index (χ3v) is 6.64. The lowest BCUT2D eigenvalue weighted by molar-refractivity contribution is -0.256. The summed E-state index contributed by atoms with van der Waals surface area (Å²) in [4.78, 5) is 14.0. The van der Waals surface area contributed by atoms with E-state index in [4.69, 9.17) is 16.3 Å². The molecule has 0 amide bonds. The molecule has 1 heterocycles. The van der Waals surface area contributed by atoms with Gasteiger partial charge in [0.1, 0.15) is 5.82 Å². The number of fused-ring (bicyclic) bond motifs is 1. The Balaban J connectivity index is 2.28. The number of H-pyrrole nitrogens is 1. The maximum atomic E-state index is 14.7. The van der Waals surface area contributed by atoms with E-state index in [0.717, 1.165) is 49.2 Å². The molecule has 3 rings (SSSR count). The Hall–Kier alpha value is -2.50. The Labute approximate surface area is 200 Å². The van der Waals surface area contributed by atoms with Crippen LogP contribution in [-0.4, -0.2) is 40.5 Å². The number of hydrogen-bond acceptors (Lipinski definition) is 5. The molecule has 2 unspecified atom stereocenters. The van der Waals surface area contributed by atoms with Crippen molar-refractivity contribution in [3.63, 3.8) is 0 Å². The molecule has 2 aromatic carbocycles. The Morgan fingerprint density at radius 2 is 1.91 bits per heavy atom. The van der Waals surface area contributed by atoms with Gasteiger partial charge in [-0.3, -0.25) is 4.79 Å². The minimum Gasteiger partial charge on any atom is -0.494 e. The van der Waals surface area contributed by atoms with Crippen molar-refractivity contribution in [1.29, 1.82) is 0 Å². The normalized spacial score (nSPS) is 14.6. The van der Waals surface area contributed by atoms with Gasteiger partial charge in [0.05, 0.1) is 23.7 Å². The molecule has 5 nitrogen and oxygen atoms in total. The molecule has 0 bridgehead atoms. The van der Waals surface area contributed by atoms with E-state index in [0.29, 0.717) is 0 Å². The molecule has 3 N–H and O–H groups in total. The first-order valence-corrected chi connectivity index (χ1v) is 11.4. The topological polar surface area (TPSA) is 74.4 Å². The molecular formula is C22H20ClF5N2O3S. The number of benzene rings is 2. The van der Waals surface area contributed by atoms with Gasteiger partial charge in [-0.05, 0) is 35.6 Å². The zero-order valence-corrected chi connectivity index (χ0v) is 19.5. The maximum Gasteiger partial charge on any atom is 0.420 e. The Morgan fingerprint density at radius 3 is 2.53 bits per heavy atom. The summed E-state index contributed by atoms with van der Waals surface area (Å²) >= 11 is 6.91. The molecule has 3 aromatic rings. The van der Waals surface area contributed by atoms with Gasteiger partial charge in [-0.1, -0.05) is 24.6 Å². The smallest absolute Gasteiger partial charge is 0.420 e. The van der Waals surface area contributed by atoms with Crippen LogP contribution in [0.4, 0.5) is 27.6 Å². The number of ether oxygens (including phenoxy) is 1. The highest BCUT2D eigenvalue weighted by atomic mass is 35.5. The van der Waals surface area contributed by atoms with E-state index in [9.17, 15) is 31.9 Å². The van der Waals surface area contributed by atoms with Crippen LogP contribution < -0.4 is 15.6 Å². The minimum atomic E-state index is -5.19. The lowest BCUT2D eigenvalue weighted by Gasteiger charge is -2.39. The summed E-state index contributed by atoms with van der Waals surface area (Å²) in [6, 6.07) is 4.43. The van der Waals surface area contributed by atoms with Crippen LogP contribution in [0.5, 0.6) is 5.75 Å². The molecule has 0 spiro atoms. The molecule has 2 atom stereocenters. The van der Waals surface area contributed by atoms with E-state index in [1.807, 2.05) is 0 Å². The zero-order chi connectivity index (χ0) is 25.3. The average Bonchev–Trinajstić information content (AvgIpc) is 2.76. The standard InChI is InChI=1S/C22H20ClF5N2O3S/c1-3-34-10-21(32,22(26,27)28)20(13-4-6-16(33-2)19(25)18(13)23)30-15-9-11(24)8-14-12(15)5-7-17(31)29-14/h4-9,20,30,32H,3,10H2,1-2H3,(H,29,31). The van der Waals surface area contributed by atoms with Crippen molar-refractivity contribution in [1.82, 2.24) is 4.98 Å². The third-order valence-electron chi connectivity index (χ3n) is 5.21. The number of aromatic amines is 1. The molecular weight excluding hydrogens is 503 g/mol. The van der Waals surface area contributed by atoms with Crippen LogP contribution in [0.3, 0.4) is 0 Å². The van der Waals surface area contributed by atoms with E-state index in [1.165, 1.54) is 6.07 Å². The van der Waals surface area contributed by atoms with Crippen LogP contribution in [0.1, 0.15) is 18.5 Å². The molecule has 0 aliphatic heterocycles. The number of rotatable bonds is 8. The van der Waals surface area contributed by atoms with Crippen LogP contribution in [0, 0.1) is 11.6 Å². The number of pyridine rings is 1. The molecule has 0 aliphatic rings. The number of methoxy groups -OCH3 is 1. The predicted molar refractivity (Wildman–Crippen MR) is 123 cm³/mol. The quantitative estimate of drug-likeness (QED) is 0.333. The van der Waals surface area contributed by atoms with E-state index in [2.05, 4.69) is 10.3 Å². The van der Waals surface area contributed by atoms with Gasteiger partial charge < -0.3 is 20.1 Å². The van der Waals surface area contributed by atoms with Crippen LogP contribution >= 0.6 is 23.4 Å². The van der Waals surface area contributed by atoms with Crippen LogP contribution in [0.2, 0.25) is 5.02 Å². The van der Waals surface area contributed by atoms with E-state index in [1.54, 1.807) is 6.92 Å². The summed E-state index contributed by atoms with van der Waals surface area (Å²) in [5.41, 5.74) is -4.57. The lowest BCUT2D eigenvalue weighted by atomic mass is 9.88. The fraction of sp³-hybridized carbons (Fsp3) is 0.318. The number of aromatic nitrogens is 1.